The first-order chi connectivity index (χ1) is 16.7. The Bertz CT molecular complexity index is 1450. The Balaban J connectivity index is 1.24. The molecule has 3 heterocycles. The molecule has 0 atom stereocenters. The highest BCUT2D eigenvalue weighted by atomic mass is 32.2. The molecule has 1 amide bonds. The fourth-order valence-electron chi connectivity index (χ4n) is 4.38. The van der Waals surface area contributed by atoms with Crippen molar-refractivity contribution in [3.05, 3.63) is 78.1 Å². The minimum atomic E-state index is -3.68. The first-order valence-corrected chi connectivity index (χ1v) is 13.0. The van der Waals surface area contributed by atoms with Gasteiger partial charge in [-0.25, -0.2) is 8.42 Å². The second kappa shape index (κ2) is 8.94. The predicted octanol–water partition coefficient (Wildman–Crippen LogP) is 3.97. The molecule has 3 aromatic rings. The molecule has 0 aliphatic carbocycles. The number of carbonyl (C=O) groups is 1. The summed E-state index contributed by atoms with van der Waals surface area (Å²) in [7, 11) is -3.68. The molecule has 7 nitrogen and oxygen atoms in total. The van der Waals surface area contributed by atoms with E-state index < -0.39 is 10.0 Å². The Kier molecular flexibility index (Phi) is 5.94. The van der Waals surface area contributed by atoms with Crippen molar-refractivity contribution in [2.45, 2.75) is 24.3 Å². The number of sulfonamides is 1. The van der Waals surface area contributed by atoms with Crippen LogP contribution in [0.25, 0.3) is 22.9 Å². The van der Waals surface area contributed by atoms with Crippen LogP contribution in [0.5, 0.6) is 5.75 Å². The van der Waals surface area contributed by atoms with Crippen LogP contribution in [0.15, 0.2) is 71.9 Å². The zero-order chi connectivity index (χ0) is 24.6. The number of hydrogen-bond acceptors (Lipinski definition) is 5. The number of aromatic nitrogens is 1. The molecule has 8 heteroatoms. The summed E-state index contributed by atoms with van der Waals surface area (Å²) < 4.78 is 34.0. The molecule has 0 radical (unpaired) electrons. The molecule has 2 aliphatic heterocycles. The molecule has 1 fully saturated rings. The lowest BCUT2D eigenvalue weighted by Crippen LogP contribution is -2.50. The first kappa shape index (κ1) is 23.3. The van der Waals surface area contributed by atoms with Crippen LogP contribution in [0.2, 0.25) is 0 Å². The number of ether oxygens (including phenoxy) is 1. The number of amides is 1. The smallest absolute Gasteiger partial charge is 0.246 e. The van der Waals surface area contributed by atoms with E-state index in [1.165, 1.54) is 4.31 Å². The van der Waals surface area contributed by atoms with Crippen molar-refractivity contribution in [1.82, 2.24) is 14.2 Å². The van der Waals surface area contributed by atoms with Crippen LogP contribution >= 0.6 is 0 Å². The lowest BCUT2D eigenvalue weighted by Gasteiger charge is -2.33. The zero-order valence-electron chi connectivity index (χ0n) is 19.7. The second-order valence-corrected chi connectivity index (χ2v) is 11.2. The highest BCUT2D eigenvalue weighted by molar-refractivity contribution is 7.89. The molecule has 0 N–H and O–H groups in total. The van der Waals surface area contributed by atoms with Gasteiger partial charge in [-0.05, 0) is 55.8 Å². The van der Waals surface area contributed by atoms with E-state index in [-0.39, 0.29) is 29.5 Å². The molecular weight excluding hydrogens is 462 g/mol. The molecule has 0 unspecified atom stereocenters. The van der Waals surface area contributed by atoms with Gasteiger partial charge < -0.3 is 9.64 Å². The summed E-state index contributed by atoms with van der Waals surface area (Å²) in [6.45, 7) is 5.18. The van der Waals surface area contributed by atoms with Gasteiger partial charge in [0, 0.05) is 61.0 Å². The molecular formula is C27H27N3O4S. The molecule has 0 spiro atoms. The third kappa shape index (κ3) is 4.72. The van der Waals surface area contributed by atoms with Gasteiger partial charge >= 0.3 is 0 Å². The van der Waals surface area contributed by atoms with Crippen molar-refractivity contribution in [3.8, 4) is 5.75 Å². The van der Waals surface area contributed by atoms with Gasteiger partial charge in [-0.2, -0.15) is 4.31 Å². The van der Waals surface area contributed by atoms with Gasteiger partial charge in [-0.1, -0.05) is 24.3 Å². The number of rotatable bonds is 4. The minimum Gasteiger partial charge on any atom is -0.483 e. The van der Waals surface area contributed by atoms with E-state index in [2.05, 4.69) is 4.98 Å². The summed E-state index contributed by atoms with van der Waals surface area (Å²) in [6.07, 6.45) is 10.6. The third-order valence-electron chi connectivity index (χ3n) is 6.30. The molecule has 5 rings (SSSR count). The quantitative estimate of drug-likeness (QED) is 0.518. The fourth-order valence-corrected chi connectivity index (χ4v) is 6.02. The van der Waals surface area contributed by atoms with Gasteiger partial charge in [-0.3, -0.25) is 9.78 Å². The van der Waals surface area contributed by atoms with E-state index in [1.807, 2.05) is 50.3 Å². The monoisotopic (exact) mass is 489 g/mol. The van der Waals surface area contributed by atoms with Gasteiger partial charge in [0.25, 0.3) is 0 Å². The van der Waals surface area contributed by atoms with Gasteiger partial charge in [0.15, 0.2) is 0 Å². The molecule has 2 aromatic carbocycles. The van der Waals surface area contributed by atoms with E-state index in [1.54, 1.807) is 47.6 Å². The number of hydrogen-bond donors (Lipinski definition) is 0. The molecule has 180 valence electrons. The van der Waals surface area contributed by atoms with E-state index in [9.17, 15) is 13.2 Å². The van der Waals surface area contributed by atoms with Crippen molar-refractivity contribution >= 4 is 38.9 Å². The summed E-state index contributed by atoms with van der Waals surface area (Å²) in [6, 6.07) is 12.7. The molecule has 0 saturated carbocycles. The van der Waals surface area contributed by atoms with Crippen LogP contribution < -0.4 is 4.74 Å². The molecule has 35 heavy (non-hydrogen) atoms. The number of carbonyl (C=O) groups excluding carboxylic acids is 1. The molecule has 1 saturated heterocycles. The zero-order valence-corrected chi connectivity index (χ0v) is 20.5. The Hall–Kier alpha value is -3.49. The second-order valence-electron chi connectivity index (χ2n) is 9.25. The summed E-state index contributed by atoms with van der Waals surface area (Å²) in [4.78, 5) is 18.8. The van der Waals surface area contributed by atoms with Crippen LogP contribution in [0.1, 0.15) is 25.0 Å². The average Bonchev–Trinajstić information content (AvgIpc) is 2.86. The maximum Gasteiger partial charge on any atom is 0.246 e. The fraction of sp³-hybridized carbons (Fsp3) is 0.259. The summed E-state index contributed by atoms with van der Waals surface area (Å²) in [5.74, 6) is 0.685. The van der Waals surface area contributed by atoms with E-state index >= 15 is 0 Å². The normalized spacial score (nSPS) is 17.9. The number of pyridine rings is 1. The Morgan fingerprint density at radius 1 is 1.09 bits per heavy atom. The third-order valence-corrected chi connectivity index (χ3v) is 8.26. The topological polar surface area (TPSA) is 79.8 Å². The van der Waals surface area contributed by atoms with Crippen LogP contribution in [0.3, 0.4) is 0 Å². The Morgan fingerprint density at radius 3 is 2.69 bits per heavy atom. The minimum absolute atomic E-state index is 0.135. The van der Waals surface area contributed by atoms with Crippen LogP contribution in [0, 0.1) is 0 Å². The van der Waals surface area contributed by atoms with Crippen LogP contribution in [-0.2, 0) is 14.8 Å². The van der Waals surface area contributed by atoms with E-state index in [4.69, 9.17) is 4.74 Å². The Morgan fingerprint density at radius 2 is 1.89 bits per heavy atom. The predicted molar refractivity (Wildman–Crippen MR) is 136 cm³/mol. The number of nitrogens with zero attached hydrogens (tertiary/aromatic N) is 3. The van der Waals surface area contributed by atoms with Gasteiger partial charge in [0.1, 0.15) is 11.4 Å². The van der Waals surface area contributed by atoms with Crippen molar-refractivity contribution in [1.29, 1.82) is 0 Å². The van der Waals surface area contributed by atoms with Gasteiger partial charge in [0.2, 0.25) is 15.9 Å². The van der Waals surface area contributed by atoms with Gasteiger partial charge in [0.05, 0.1) is 4.90 Å². The van der Waals surface area contributed by atoms with Crippen molar-refractivity contribution in [2.24, 2.45) is 0 Å². The number of fused-ring (bicyclic) bond motifs is 2. The van der Waals surface area contributed by atoms with Crippen molar-refractivity contribution in [3.63, 3.8) is 0 Å². The summed E-state index contributed by atoms with van der Waals surface area (Å²) >= 11 is 0. The number of piperazine rings is 1. The van der Waals surface area contributed by atoms with Crippen LogP contribution in [0.4, 0.5) is 0 Å². The lowest BCUT2D eigenvalue weighted by atomic mass is 10.0. The summed E-state index contributed by atoms with van der Waals surface area (Å²) in [5, 5.41) is 1.43. The van der Waals surface area contributed by atoms with Crippen molar-refractivity contribution < 1.29 is 17.9 Å². The lowest BCUT2D eigenvalue weighted by molar-refractivity contribution is -0.127. The summed E-state index contributed by atoms with van der Waals surface area (Å²) in [5.41, 5.74) is 1.54. The largest absolute Gasteiger partial charge is 0.483 e. The maximum atomic E-state index is 13.3. The van der Waals surface area contributed by atoms with E-state index in [0.29, 0.717) is 18.5 Å². The first-order valence-electron chi connectivity index (χ1n) is 11.6. The molecule has 0 bridgehead atoms. The Labute approximate surface area is 205 Å². The van der Waals surface area contributed by atoms with E-state index in [0.717, 1.165) is 22.3 Å². The average molecular weight is 490 g/mol. The number of benzene rings is 2. The highest BCUT2D eigenvalue weighted by Crippen LogP contribution is 2.31. The molecule has 1 aromatic heterocycles. The van der Waals surface area contributed by atoms with Crippen LogP contribution in [-0.4, -0.2) is 60.3 Å². The standard InChI is InChI=1S/C27H27N3O4S/c1-27(2)12-10-21-18-20(6-8-24(21)34-27)7-9-26(31)29-14-16-30(17-15-29)35(32,33)25-5-3-4-22-19-28-13-11-23(22)25/h3-13,18-19H,14-17H2,1-2H3/b9-7+. The highest BCUT2D eigenvalue weighted by Gasteiger charge is 2.30. The van der Waals surface area contributed by atoms with Gasteiger partial charge in [-0.15, -0.1) is 0 Å². The SMILES string of the molecule is CC1(C)C=Cc2cc(/C=C/C(=O)N3CCN(S(=O)(=O)c4cccc5cnccc45)CC3)ccc2O1. The molecule has 2 aliphatic rings. The maximum absolute atomic E-state index is 13.3. The van der Waals surface area contributed by atoms with Crippen molar-refractivity contribution in [2.75, 3.05) is 26.2 Å².